The second-order valence-corrected chi connectivity index (χ2v) is 4.80. The Kier molecular flexibility index (Phi) is 3.09. The van der Waals surface area contributed by atoms with Gasteiger partial charge >= 0.3 is 6.09 Å². The number of carbonyl (C=O) groups excluding carboxylic acids is 1. The Morgan fingerprint density at radius 1 is 1.60 bits per heavy atom. The van der Waals surface area contributed by atoms with Crippen molar-refractivity contribution in [1.82, 2.24) is 5.32 Å². The third-order valence-electron chi connectivity index (χ3n) is 2.06. The molecular formula is C9H16N4O2. The zero-order valence-electron chi connectivity index (χ0n) is 9.28. The molecule has 0 aromatic rings. The number of nitrogens with zero attached hydrogens (tertiary/aromatic N) is 3. The van der Waals surface area contributed by atoms with Crippen molar-refractivity contribution in [2.24, 2.45) is 5.11 Å². The van der Waals surface area contributed by atoms with Gasteiger partial charge in [0.1, 0.15) is 5.60 Å². The number of azide groups is 1. The van der Waals surface area contributed by atoms with Gasteiger partial charge in [0.05, 0.1) is 0 Å². The minimum Gasteiger partial charge on any atom is -0.444 e. The minimum atomic E-state index is -0.501. The lowest BCUT2D eigenvalue weighted by atomic mass is 10.2. The summed E-state index contributed by atoms with van der Waals surface area (Å²) in [6.07, 6.45) is 1.23. The predicted octanol–water partition coefficient (Wildman–Crippen LogP) is 2.35. The lowest BCUT2D eigenvalue weighted by Crippen LogP contribution is -2.42. The fourth-order valence-corrected chi connectivity index (χ4v) is 1.16. The van der Waals surface area contributed by atoms with E-state index in [2.05, 4.69) is 15.3 Å². The van der Waals surface area contributed by atoms with Crippen LogP contribution in [0.25, 0.3) is 10.4 Å². The fraction of sp³-hybridized carbons (Fsp3) is 0.889. The van der Waals surface area contributed by atoms with E-state index in [9.17, 15) is 4.79 Å². The van der Waals surface area contributed by atoms with E-state index in [4.69, 9.17) is 10.3 Å². The molecular weight excluding hydrogens is 196 g/mol. The van der Waals surface area contributed by atoms with Crippen molar-refractivity contribution in [2.75, 3.05) is 6.54 Å². The van der Waals surface area contributed by atoms with E-state index in [-0.39, 0.29) is 5.54 Å². The Hall–Kier alpha value is -1.42. The van der Waals surface area contributed by atoms with Gasteiger partial charge in [0, 0.05) is 17.0 Å². The average Bonchev–Trinajstić information content (AvgIpc) is 2.78. The third-order valence-corrected chi connectivity index (χ3v) is 2.06. The molecule has 0 aromatic heterocycles. The van der Waals surface area contributed by atoms with Crippen LogP contribution in [0.4, 0.5) is 4.79 Å². The first-order chi connectivity index (χ1) is 6.87. The van der Waals surface area contributed by atoms with Gasteiger partial charge in [0.15, 0.2) is 0 Å². The van der Waals surface area contributed by atoms with Crippen LogP contribution in [-0.2, 0) is 4.74 Å². The monoisotopic (exact) mass is 212 g/mol. The van der Waals surface area contributed by atoms with Gasteiger partial charge in [0.2, 0.25) is 0 Å². The van der Waals surface area contributed by atoms with Gasteiger partial charge in [-0.2, -0.15) is 0 Å². The number of nitrogens with one attached hydrogen (secondary N) is 1. The number of hydrogen-bond donors (Lipinski definition) is 1. The topological polar surface area (TPSA) is 87.1 Å². The molecule has 1 amide bonds. The third kappa shape index (κ3) is 4.08. The summed E-state index contributed by atoms with van der Waals surface area (Å²) in [6.45, 7) is 5.71. The molecule has 0 radical (unpaired) electrons. The predicted molar refractivity (Wildman–Crippen MR) is 55.3 cm³/mol. The summed E-state index contributed by atoms with van der Waals surface area (Å²) in [5.41, 5.74) is 7.34. The minimum absolute atomic E-state index is 0.294. The molecule has 0 atom stereocenters. The first-order valence-corrected chi connectivity index (χ1v) is 4.89. The molecule has 15 heavy (non-hydrogen) atoms. The normalized spacial score (nSPS) is 17.5. The summed E-state index contributed by atoms with van der Waals surface area (Å²) in [4.78, 5) is 14.1. The first kappa shape index (κ1) is 11.7. The van der Waals surface area contributed by atoms with E-state index in [0.29, 0.717) is 6.54 Å². The van der Waals surface area contributed by atoms with Crippen LogP contribution in [0.5, 0.6) is 0 Å². The van der Waals surface area contributed by atoms with E-state index >= 15 is 0 Å². The van der Waals surface area contributed by atoms with Crippen LogP contribution in [-0.4, -0.2) is 23.8 Å². The van der Waals surface area contributed by atoms with Crippen LogP contribution in [0, 0.1) is 0 Å². The Balaban J connectivity index is 2.41. The van der Waals surface area contributed by atoms with Crippen molar-refractivity contribution in [1.29, 1.82) is 0 Å². The lowest BCUT2D eigenvalue weighted by molar-refractivity contribution is 0.0499. The van der Waals surface area contributed by atoms with Crippen LogP contribution >= 0.6 is 0 Å². The zero-order chi connectivity index (χ0) is 11.5. The molecule has 84 valence electrons. The molecule has 0 aliphatic heterocycles. The maximum Gasteiger partial charge on any atom is 0.408 e. The molecule has 1 rings (SSSR count). The zero-order valence-corrected chi connectivity index (χ0v) is 9.28. The molecule has 6 nitrogen and oxygen atoms in total. The summed E-state index contributed by atoms with van der Waals surface area (Å²) in [5, 5.41) is 6.20. The highest BCUT2D eigenvalue weighted by atomic mass is 16.6. The standard InChI is InChI=1S/C9H16N4O2/c1-8(2,3)15-7(14)12-9(4-5-9)6-11-13-10/h4-6H2,1-3H3,(H,12,14). The van der Waals surface area contributed by atoms with E-state index in [1.807, 2.05) is 0 Å². The quantitative estimate of drug-likeness (QED) is 0.442. The smallest absolute Gasteiger partial charge is 0.408 e. The molecule has 1 N–H and O–H groups in total. The van der Waals surface area contributed by atoms with Crippen LogP contribution in [0.3, 0.4) is 0 Å². The highest BCUT2D eigenvalue weighted by Gasteiger charge is 2.44. The second kappa shape index (κ2) is 3.98. The highest BCUT2D eigenvalue weighted by molar-refractivity contribution is 5.69. The summed E-state index contributed by atoms with van der Waals surface area (Å²) < 4.78 is 5.11. The van der Waals surface area contributed by atoms with Gasteiger partial charge in [-0.15, -0.1) is 0 Å². The number of rotatable bonds is 3. The van der Waals surface area contributed by atoms with Crippen LogP contribution in [0.1, 0.15) is 33.6 Å². The van der Waals surface area contributed by atoms with Crippen molar-refractivity contribution >= 4 is 6.09 Å². The Bertz CT molecular complexity index is 298. The Morgan fingerprint density at radius 3 is 2.60 bits per heavy atom. The SMILES string of the molecule is CC(C)(C)OC(=O)NC1(CN=[N+]=[N-])CC1. The number of carbonyl (C=O) groups is 1. The first-order valence-electron chi connectivity index (χ1n) is 4.89. The van der Waals surface area contributed by atoms with Gasteiger partial charge < -0.3 is 10.1 Å². The van der Waals surface area contributed by atoms with Crippen molar-refractivity contribution in [2.45, 2.75) is 44.8 Å². The molecule has 1 fully saturated rings. The second-order valence-electron chi connectivity index (χ2n) is 4.80. The Labute approximate surface area is 88.6 Å². The number of alkyl carbamates (subject to hydrolysis) is 1. The lowest BCUT2D eigenvalue weighted by Gasteiger charge is -2.22. The average molecular weight is 212 g/mol. The molecule has 1 aliphatic carbocycles. The summed E-state index contributed by atoms with van der Waals surface area (Å²) in [7, 11) is 0. The summed E-state index contributed by atoms with van der Waals surface area (Å²) >= 11 is 0. The maximum absolute atomic E-state index is 11.4. The van der Waals surface area contributed by atoms with Crippen molar-refractivity contribution in [3.63, 3.8) is 0 Å². The van der Waals surface area contributed by atoms with E-state index in [1.165, 1.54) is 0 Å². The van der Waals surface area contributed by atoms with Gasteiger partial charge in [-0.1, -0.05) is 5.11 Å². The van der Waals surface area contributed by atoms with Gasteiger partial charge in [-0.25, -0.2) is 4.79 Å². The largest absolute Gasteiger partial charge is 0.444 e. The number of amides is 1. The molecule has 0 spiro atoms. The van der Waals surface area contributed by atoms with Crippen LogP contribution < -0.4 is 5.32 Å². The van der Waals surface area contributed by atoms with Gasteiger partial charge in [0.25, 0.3) is 0 Å². The Morgan fingerprint density at radius 2 is 2.20 bits per heavy atom. The molecule has 6 heteroatoms. The fourth-order valence-electron chi connectivity index (χ4n) is 1.16. The van der Waals surface area contributed by atoms with Crippen LogP contribution in [0.15, 0.2) is 5.11 Å². The number of hydrogen-bond acceptors (Lipinski definition) is 3. The molecule has 0 saturated heterocycles. The van der Waals surface area contributed by atoms with Crippen molar-refractivity contribution in [3.05, 3.63) is 10.4 Å². The molecule has 0 heterocycles. The van der Waals surface area contributed by atoms with Crippen molar-refractivity contribution < 1.29 is 9.53 Å². The van der Waals surface area contributed by atoms with Crippen LogP contribution in [0.2, 0.25) is 0 Å². The van der Waals surface area contributed by atoms with E-state index < -0.39 is 11.7 Å². The molecule has 1 saturated carbocycles. The summed E-state index contributed by atoms with van der Waals surface area (Å²) in [5.74, 6) is 0. The van der Waals surface area contributed by atoms with Gasteiger partial charge in [-0.3, -0.25) is 0 Å². The van der Waals surface area contributed by atoms with E-state index in [0.717, 1.165) is 12.8 Å². The van der Waals surface area contributed by atoms with Gasteiger partial charge in [-0.05, 0) is 39.1 Å². The maximum atomic E-state index is 11.4. The van der Waals surface area contributed by atoms with Crippen molar-refractivity contribution in [3.8, 4) is 0 Å². The molecule has 0 unspecified atom stereocenters. The summed E-state index contributed by atoms with van der Waals surface area (Å²) in [6, 6.07) is 0. The van der Waals surface area contributed by atoms with E-state index in [1.54, 1.807) is 20.8 Å². The number of ether oxygens (including phenoxy) is 1. The molecule has 0 aromatic carbocycles. The highest BCUT2D eigenvalue weighted by Crippen LogP contribution is 2.35. The molecule has 0 bridgehead atoms. The molecule has 1 aliphatic rings.